The van der Waals surface area contributed by atoms with Crippen molar-refractivity contribution >= 4 is 22.6 Å². The van der Waals surface area contributed by atoms with Gasteiger partial charge in [-0.2, -0.15) is 5.10 Å². The fourth-order valence-electron chi connectivity index (χ4n) is 3.34. The highest BCUT2D eigenvalue weighted by Gasteiger charge is 2.22. The van der Waals surface area contributed by atoms with Gasteiger partial charge in [-0.15, -0.1) is 0 Å². The molecule has 31 heavy (non-hydrogen) atoms. The standard InChI is InChI=1S/C24H19N3O4/c28-21(25-23(24(30)31)17-7-2-1-3-8-17)15-27-22(29)13-12-20(26-27)19-11-10-16-6-4-5-9-18(16)14-19/h1-14,23H,15H2,(H,25,28)(H,30,31)/t23-/m0/s1. The van der Waals surface area contributed by atoms with Crippen LogP contribution in [0.25, 0.3) is 22.0 Å². The average Bonchev–Trinajstić information content (AvgIpc) is 2.79. The number of hydrogen-bond donors (Lipinski definition) is 2. The molecular weight excluding hydrogens is 394 g/mol. The Kier molecular flexibility index (Phi) is 5.57. The summed E-state index contributed by atoms with van der Waals surface area (Å²) in [6.45, 7) is -0.392. The van der Waals surface area contributed by atoms with E-state index in [1.165, 1.54) is 6.07 Å². The number of nitrogens with zero attached hydrogens (tertiary/aromatic N) is 2. The third kappa shape index (κ3) is 4.51. The number of aliphatic carboxylic acids is 1. The van der Waals surface area contributed by atoms with E-state index in [2.05, 4.69) is 10.4 Å². The number of carbonyl (C=O) groups excluding carboxylic acids is 1. The lowest BCUT2D eigenvalue weighted by Crippen LogP contribution is -2.38. The summed E-state index contributed by atoms with van der Waals surface area (Å²) in [4.78, 5) is 36.3. The molecular formula is C24H19N3O4. The quantitative estimate of drug-likeness (QED) is 0.506. The lowest BCUT2D eigenvalue weighted by Gasteiger charge is -2.15. The number of amides is 1. The summed E-state index contributed by atoms with van der Waals surface area (Å²) in [7, 11) is 0. The number of carboxylic acids is 1. The summed E-state index contributed by atoms with van der Waals surface area (Å²) < 4.78 is 1.03. The van der Waals surface area contributed by atoms with Gasteiger partial charge in [0.05, 0.1) is 5.69 Å². The molecule has 0 aliphatic rings. The van der Waals surface area contributed by atoms with Crippen molar-refractivity contribution in [3.05, 3.63) is 101 Å². The highest BCUT2D eigenvalue weighted by molar-refractivity contribution is 5.87. The zero-order chi connectivity index (χ0) is 21.8. The molecule has 4 rings (SSSR count). The highest BCUT2D eigenvalue weighted by Crippen LogP contribution is 2.22. The lowest BCUT2D eigenvalue weighted by molar-refractivity contribution is -0.142. The van der Waals surface area contributed by atoms with E-state index in [9.17, 15) is 19.5 Å². The summed E-state index contributed by atoms with van der Waals surface area (Å²) in [5, 5.41) is 18.4. The van der Waals surface area contributed by atoms with Crippen LogP contribution < -0.4 is 10.9 Å². The maximum Gasteiger partial charge on any atom is 0.330 e. The van der Waals surface area contributed by atoms with Gasteiger partial charge in [-0.1, -0.05) is 66.7 Å². The minimum absolute atomic E-state index is 0.392. The molecule has 154 valence electrons. The van der Waals surface area contributed by atoms with Crippen LogP contribution in [0.1, 0.15) is 11.6 Å². The maximum atomic E-state index is 12.5. The molecule has 7 heteroatoms. The van der Waals surface area contributed by atoms with E-state index < -0.39 is 30.0 Å². The fraction of sp³-hybridized carbons (Fsp3) is 0.0833. The zero-order valence-electron chi connectivity index (χ0n) is 16.4. The second-order valence-corrected chi connectivity index (χ2v) is 7.03. The summed E-state index contributed by atoms with van der Waals surface area (Å²) in [6, 6.07) is 23.8. The molecule has 0 unspecified atom stereocenters. The van der Waals surface area contributed by atoms with Crippen molar-refractivity contribution < 1.29 is 14.7 Å². The first-order valence-corrected chi connectivity index (χ1v) is 9.66. The molecule has 2 N–H and O–H groups in total. The van der Waals surface area contributed by atoms with Crippen LogP contribution in [0, 0.1) is 0 Å². The molecule has 1 heterocycles. The molecule has 0 spiro atoms. The number of carboxylic acid groups (broad SMARTS) is 1. The zero-order valence-corrected chi connectivity index (χ0v) is 16.4. The van der Waals surface area contributed by atoms with Crippen LogP contribution in [0.4, 0.5) is 0 Å². The van der Waals surface area contributed by atoms with Crippen molar-refractivity contribution in [2.45, 2.75) is 12.6 Å². The Balaban J connectivity index is 1.57. The van der Waals surface area contributed by atoms with Crippen LogP contribution >= 0.6 is 0 Å². The third-order valence-electron chi connectivity index (χ3n) is 4.89. The van der Waals surface area contributed by atoms with Crippen molar-refractivity contribution in [2.24, 2.45) is 0 Å². The second kappa shape index (κ2) is 8.62. The summed E-state index contributed by atoms with van der Waals surface area (Å²) >= 11 is 0. The second-order valence-electron chi connectivity index (χ2n) is 7.03. The monoisotopic (exact) mass is 413 g/mol. The number of nitrogens with one attached hydrogen (secondary N) is 1. The minimum Gasteiger partial charge on any atom is -0.479 e. The van der Waals surface area contributed by atoms with Crippen LogP contribution in [-0.4, -0.2) is 26.8 Å². The first-order chi connectivity index (χ1) is 15.0. The highest BCUT2D eigenvalue weighted by atomic mass is 16.4. The van der Waals surface area contributed by atoms with E-state index in [1.807, 2.05) is 42.5 Å². The van der Waals surface area contributed by atoms with Crippen molar-refractivity contribution in [1.82, 2.24) is 15.1 Å². The maximum absolute atomic E-state index is 12.5. The van der Waals surface area contributed by atoms with Gasteiger partial charge in [0, 0.05) is 11.6 Å². The van der Waals surface area contributed by atoms with Crippen LogP contribution in [0.3, 0.4) is 0 Å². The molecule has 1 atom stereocenters. The SMILES string of the molecule is O=C(Cn1nc(-c2ccc3ccccc3c2)ccc1=O)N[C@H](C(=O)O)c1ccccc1. The Hall–Kier alpha value is -4.26. The van der Waals surface area contributed by atoms with Gasteiger partial charge in [-0.25, -0.2) is 9.48 Å². The molecule has 0 radical (unpaired) electrons. The van der Waals surface area contributed by atoms with Gasteiger partial charge in [0.25, 0.3) is 5.56 Å². The summed E-state index contributed by atoms with van der Waals surface area (Å²) in [5.41, 5.74) is 1.33. The first kappa shape index (κ1) is 20.0. The third-order valence-corrected chi connectivity index (χ3v) is 4.89. The van der Waals surface area contributed by atoms with E-state index >= 15 is 0 Å². The normalized spacial score (nSPS) is 11.7. The number of carbonyl (C=O) groups is 2. The molecule has 3 aromatic carbocycles. The lowest BCUT2D eigenvalue weighted by atomic mass is 10.1. The fourth-order valence-corrected chi connectivity index (χ4v) is 3.34. The van der Waals surface area contributed by atoms with Crippen molar-refractivity contribution in [2.75, 3.05) is 0 Å². The van der Waals surface area contributed by atoms with Crippen LogP contribution in [0.15, 0.2) is 89.7 Å². The van der Waals surface area contributed by atoms with Gasteiger partial charge in [-0.05, 0) is 28.5 Å². The molecule has 4 aromatic rings. The smallest absolute Gasteiger partial charge is 0.330 e. The van der Waals surface area contributed by atoms with Gasteiger partial charge < -0.3 is 10.4 Å². The van der Waals surface area contributed by atoms with E-state index in [1.54, 1.807) is 36.4 Å². The van der Waals surface area contributed by atoms with Crippen LogP contribution in [-0.2, 0) is 16.1 Å². The Labute approximate surface area is 177 Å². The predicted molar refractivity (Wildman–Crippen MR) is 116 cm³/mol. The number of fused-ring (bicyclic) bond motifs is 1. The Morgan fingerprint density at radius 3 is 2.35 bits per heavy atom. The summed E-state index contributed by atoms with van der Waals surface area (Å²) in [6.07, 6.45) is 0. The topological polar surface area (TPSA) is 101 Å². The predicted octanol–water partition coefficient (Wildman–Crippen LogP) is 3.01. The number of rotatable bonds is 6. The van der Waals surface area contributed by atoms with E-state index in [0.29, 0.717) is 11.3 Å². The molecule has 1 amide bonds. The van der Waals surface area contributed by atoms with Crippen molar-refractivity contribution in [3.8, 4) is 11.3 Å². The largest absolute Gasteiger partial charge is 0.479 e. The molecule has 0 saturated heterocycles. The average molecular weight is 413 g/mol. The number of aromatic nitrogens is 2. The number of benzene rings is 3. The molecule has 0 bridgehead atoms. The van der Waals surface area contributed by atoms with Gasteiger partial charge in [0.1, 0.15) is 6.54 Å². The molecule has 0 aliphatic carbocycles. The molecule has 0 aliphatic heterocycles. The molecule has 0 fully saturated rings. The van der Waals surface area contributed by atoms with Crippen LogP contribution in [0.2, 0.25) is 0 Å². The van der Waals surface area contributed by atoms with Crippen LogP contribution in [0.5, 0.6) is 0 Å². The van der Waals surface area contributed by atoms with Gasteiger partial charge in [0.15, 0.2) is 6.04 Å². The Bertz CT molecular complexity index is 1320. The van der Waals surface area contributed by atoms with Crippen molar-refractivity contribution in [3.63, 3.8) is 0 Å². The van der Waals surface area contributed by atoms with E-state index in [0.717, 1.165) is 21.0 Å². The van der Waals surface area contributed by atoms with Crippen molar-refractivity contribution in [1.29, 1.82) is 0 Å². The molecule has 7 nitrogen and oxygen atoms in total. The number of hydrogen-bond acceptors (Lipinski definition) is 4. The minimum atomic E-state index is -1.21. The van der Waals surface area contributed by atoms with Gasteiger partial charge >= 0.3 is 5.97 Å². The summed E-state index contributed by atoms with van der Waals surface area (Å²) in [5.74, 6) is -1.81. The first-order valence-electron chi connectivity index (χ1n) is 9.66. The molecule has 0 saturated carbocycles. The van der Waals surface area contributed by atoms with Gasteiger partial charge in [-0.3, -0.25) is 9.59 Å². The van der Waals surface area contributed by atoms with E-state index in [4.69, 9.17) is 0 Å². The Morgan fingerprint density at radius 2 is 1.61 bits per heavy atom. The van der Waals surface area contributed by atoms with E-state index in [-0.39, 0.29) is 0 Å². The van der Waals surface area contributed by atoms with Gasteiger partial charge in [0.2, 0.25) is 5.91 Å². The molecule has 1 aromatic heterocycles. The Morgan fingerprint density at radius 1 is 0.903 bits per heavy atom.